The van der Waals surface area contributed by atoms with Crippen LogP contribution in [0.5, 0.6) is 5.75 Å². The van der Waals surface area contributed by atoms with E-state index in [1.165, 1.54) is 13.2 Å². The lowest BCUT2D eigenvalue weighted by Crippen LogP contribution is -2.23. The Morgan fingerprint density at radius 3 is 2.63 bits per heavy atom. The number of methoxy groups -OCH3 is 1. The van der Waals surface area contributed by atoms with Crippen LogP contribution in [0.15, 0.2) is 18.2 Å². The molecule has 0 heterocycles. The Morgan fingerprint density at radius 1 is 1.32 bits per heavy atom. The maximum Gasteiger partial charge on any atom is 0.165 e. The first-order chi connectivity index (χ1) is 9.02. The molecule has 0 radical (unpaired) electrons. The Bertz CT molecular complexity index is 385. The number of benzene rings is 1. The minimum atomic E-state index is -0.758. The molecule has 1 atom stereocenters. The highest BCUT2D eigenvalue weighted by atomic mass is 19.1. The summed E-state index contributed by atoms with van der Waals surface area (Å²) in [4.78, 5) is 0. The lowest BCUT2D eigenvalue weighted by molar-refractivity contribution is 0.0316. The van der Waals surface area contributed by atoms with Gasteiger partial charge >= 0.3 is 0 Å². The molecule has 108 valence electrons. The molecule has 4 nitrogen and oxygen atoms in total. The first kappa shape index (κ1) is 15.9. The number of aliphatic hydroxyl groups excluding tert-OH is 1. The summed E-state index contributed by atoms with van der Waals surface area (Å²) >= 11 is 0. The second-order valence-electron chi connectivity index (χ2n) is 4.72. The number of halogens is 1. The molecule has 0 spiro atoms. The second kappa shape index (κ2) is 8.09. The van der Waals surface area contributed by atoms with E-state index in [0.29, 0.717) is 12.6 Å². The van der Waals surface area contributed by atoms with Crippen molar-refractivity contribution < 1.29 is 19.0 Å². The van der Waals surface area contributed by atoms with E-state index in [1.54, 1.807) is 12.1 Å². The SMILES string of the molecule is COCC(O)COc1ccc(CNC(C)C)cc1F. The largest absolute Gasteiger partial charge is 0.488 e. The van der Waals surface area contributed by atoms with Gasteiger partial charge in [-0.2, -0.15) is 0 Å². The fourth-order valence-electron chi connectivity index (χ4n) is 1.52. The van der Waals surface area contributed by atoms with E-state index in [0.717, 1.165) is 5.56 Å². The average molecular weight is 271 g/mol. The third-order valence-electron chi connectivity index (χ3n) is 2.50. The van der Waals surface area contributed by atoms with Crippen molar-refractivity contribution in [2.45, 2.75) is 32.5 Å². The summed E-state index contributed by atoms with van der Waals surface area (Å²) in [5.74, 6) is -0.281. The fourth-order valence-corrected chi connectivity index (χ4v) is 1.52. The van der Waals surface area contributed by atoms with Crippen LogP contribution in [0.2, 0.25) is 0 Å². The highest BCUT2D eigenvalue weighted by Gasteiger charge is 2.09. The van der Waals surface area contributed by atoms with E-state index >= 15 is 0 Å². The van der Waals surface area contributed by atoms with E-state index in [4.69, 9.17) is 9.47 Å². The molecule has 2 N–H and O–H groups in total. The Hall–Kier alpha value is -1.17. The molecular weight excluding hydrogens is 249 g/mol. The van der Waals surface area contributed by atoms with Crippen LogP contribution in [-0.4, -0.2) is 37.6 Å². The van der Waals surface area contributed by atoms with Gasteiger partial charge < -0.3 is 19.9 Å². The molecule has 0 aliphatic heterocycles. The molecule has 0 aliphatic rings. The molecule has 0 bridgehead atoms. The smallest absolute Gasteiger partial charge is 0.165 e. The first-order valence-electron chi connectivity index (χ1n) is 6.34. The molecule has 0 aliphatic carbocycles. The summed E-state index contributed by atoms with van der Waals surface area (Å²) < 4.78 is 23.7. The van der Waals surface area contributed by atoms with Crippen molar-refractivity contribution in [1.82, 2.24) is 5.32 Å². The Morgan fingerprint density at radius 2 is 2.05 bits per heavy atom. The minimum absolute atomic E-state index is 0.00828. The second-order valence-corrected chi connectivity index (χ2v) is 4.72. The zero-order chi connectivity index (χ0) is 14.3. The summed E-state index contributed by atoms with van der Waals surface area (Å²) in [5.41, 5.74) is 0.857. The van der Waals surface area contributed by atoms with E-state index in [2.05, 4.69) is 5.32 Å². The summed E-state index contributed by atoms with van der Waals surface area (Å²) in [5, 5.41) is 12.6. The van der Waals surface area contributed by atoms with Gasteiger partial charge in [0.05, 0.1) is 6.61 Å². The van der Waals surface area contributed by atoms with Crippen molar-refractivity contribution in [3.8, 4) is 5.75 Å². The molecule has 1 aromatic carbocycles. The lowest BCUT2D eigenvalue weighted by atomic mass is 10.2. The molecular formula is C14H22FNO3. The van der Waals surface area contributed by atoms with E-state index in [-0.39, 0.29) is 19.0 Å². The number of hydrogen-bond donors (Lipinski definition) is 2. The van der Waals surface area contributed by atoms with Crippen molar-refractivity contribution in [3.05, 3.63) is 29.6 Å². The summed E-state index contributed by atoms with van der Waals surface area (Å²) in [6, 6.07) is 5.17. The molecule has 1 rings (SSSR count). The van der Waals surface area contributed by atoms with Crippen molar-refractivity contribution in [2.24, 2.45) is 0 Å². The minimum Gasteiger partial charge on any atom is -0.488 e. The van der Waals surface area contributed by atoms with Gasteiger partial charge in [-0.05, 0) is 17.7 Å². The Balaban J connectivity index is 2.52. The molecule has 0 amide bonds. The number of aliphatic hydroxyl groups is 1. The van der Waals surface area contributed by atoms with Gasteiger partial charge in [-0.15, -0.1) is 0 Å². The molecule has 1 unspecified atom stereocenters. The van der Waals surface area contributed by atoms with Gasteiger partial charge in [0, 0.05) is 19.7 Å². The zero-order valence-corrected chi connectivity index (χ0v) is 11.6. The standard InChI is InChI=1S/C14H22FNO3/c1-10(2)16-7-11-4-5-14(13(15)6-11)19-9-12(17)8-18-3/h4-6,10,12,16-17H,7-9H2,1-3H3. The highest BCUT2D eigenvalue weighted by Crippen LogP contribution is 2.18. The number of ether oxygens (including phenoxy) is 2. The van der Waals surface area contributed by atoms with Crippen LogP contribution in [0.25, 0.3) is 0 Å². The average Bonchev–Trinajstić information content (AvgIpc) is 2.35. The molecule has 0 saturated heterocycles. The van der Waals surface area contributed by atoms with Crippen LogP contribution in [0, 0.1) is 5.82 Å². The molecule has 5 heteroatoms. The maximum atomic E-state index is 13.7. The molecule has 19 heavy (non-hydrogen) atoms. The number of rotatable bonds is 8. The normalized spacial score (nSPS) is 12.7. The van der Waals surface area contributed by atoms with Crippen molar-refractivity contribution in [3.63, 3.8) is 0 Å². The lowest BCUT2D eigenvalue weighted by Gasteiger charge is -2.13. The summed E-state index contributed by atoms with van der Waals surface area (Å²) in [6.45, 7) is 4.85. The van der Waals surface area contributed by atoms with Gasteiger partial charge in [-0.1, -0.05) is 19.9 Å². The van der Waals surface area contributed by atoms with Crippen molar-refractivity contribution in [2.75, 3.05) is 20.3 Å². The molecule has 0 saturated carbocycles. The van der Waals surface area contributed by atoms with Gasteiger partial charge in [-0.25, -0.2) is 4.39 Å². The van der Waals surface area contributed by atoms with E-state index in [9.17, 15) is 9.50 Å². The monoisotopic (exact) mass is 271 g/mol. The van der Waals surface area contributed by atoms with Crippen LogP contribution in [0.1, 0.15) is 19.4 Å². The van der Waals surface area contributed by atoms with Crippen LogP contribution < -0.4 is 10.1 Å². The topological polar surface area (TPSA) is 50.7 Å². The van der Waals surface area contributed by atoms with Gasteiger partial charge in [-0.3, -0.25) is 0 Å². The number of hydrogen-bond acceptors (Lipinski definition) is 4. The predicted molar refractivity (Wildman–Crippen MR) is 71.8 cm³/mol. The zero-order valence-electron chi connectivity index (χ0n) is 11.6. The van der Waals surface area contributed by atoms with Gasteiger partial charge in [0.25, 0.3) is 0 Å². The van der Waals surface area contributed by atoms with Crippen LogP contribution in [0.3, 0.4) is 0 Å². The molecule has 0 fully saturated rings. The summed E-state index contributed by atoms with van der Waals surface area (Å²) in [7, 11) is 1.49. The van der Waals surface area contributed by atoms with Crippen molar-refractivity contribution >= 4 is 0 Å². The third kappa shape index (κ3) is 6.00. The predicted octanol–water partition coefficient (Wildman–Crippen LogP) is 1.71. The Kier molecular flexibility index (Phi) is 6.77. The third-order valence-corrected chi connectivity index (χ3v) is 2.50. The van der Waals surface area contributed by atoms with Crippen LogP contribution in [-0.2, 0) is 11.3 Å². The highest BCUT2D eigenvalue weighted by molar-refractivity contribution is 5.29. The summed E-state index contributed by atoms with van der Waals surface area (Å²) in [6.07, 6.45) is -0.758. The molecule has 0 aromatic heterocycles. The van der Waals surface area contributed by atoms with Crippen molar-refractivity contribution in [1.29, 1.82) is 0 Å². The van der Waals surface area contributed by atoms with Gasteiger partial charge in [0.15, 0.2) is 11.6 Å². The van der Waals surface area contributed by atoms with Gasteiger partial charge in [0.1, 0.15) is 12.7 Å². The first-order valence-corrected chi connectivity index (χ1v) is 6.34. The maximum absolute atomic E-state index is 13.7. The molecule has 1 aromatic rings. The van der Waals surface area contributed by atoms with E-state index < -0.39 is 11.9 Å². The van der Waals surface area contributed by atoms with Gasteiger partial charge in [0.2, 0.25) is 0 Å². The quantitative estimate of drug-likeness (QED) is 0.756. The van der Waals surface area contributed by atoms with Crippen LogP contribution in [0.4, 0.5) is 4.39 Å². The van der Waals surface area contributed by atoms with Crippen LogP contribution >= 0.6 is 0 Å². The fraction of sp³-hybridized carbons (Fsp3) is 0.571. The number of nitrogens with one attached hydrogen (secondary N) is 1. The van der Waals surface area contributed by atoms with E-state index in [1.807, 2.05) is 13.8 Å². The Labute approximate surface area is 113 Å².